The Hall–Kier alpha value is -1.07. The quantitative estimate of drug-likeness (QED) is 0.872. The highest BCUT2D eigenvalue weighted by Gasteiger charge is 2.27. The van der Waals surface area contributed by atoms with Crippen molar-refractivity contribution >= 4 is 16.3 Å². The lowest BCUT2D eigenvalue weighted by Crippen LogP contribution is -2.22. The van der Waals surface area contributed by atoms with Gasteiger partial charge in [0, 0.05) is 18.1 Å². The van der Waals surface area contributed by atoms with Gasteiger partial charge in [-0.2, -0.15) is 4.98 Å². The first kappa shape index (κ1) is 12.0. The van der Waals surface area contributed by atoms with Gasteiger partial charge in [-0.25, -0.2) is 0 Å². The number of aromatic nitrogens is 2. The van der Waals surface area contributed by atoms with E-state index in [-0.39, 0.29) is 0 Å². The van der Waals surface area contributed by atoms with Gasteiger partial charge >= 0.3 is 0 Å². The van der Waals surface area contributed by atoms with E-state index in [1.54, 1.807) is 18.4 Å². The van der Waals surface area contributed by atoms with Crippen LogP contribution in [0.1, 0.15) is 25.5 Å². The maximum atomic E-state index is 5.34. The predicted molar refractivity (Wildman–Crippen MR) is 73.2 cm³/mol. The predicted octanol–water partition coefficient (Wildman–Crippen LogP) is 2.54. The molecule has 4 nitrogen and oxygen atoms in total. The summed E-state index contributed by atoms with van der Waals surface area (Å²) in [4.78, 5) is 5.45. The van der Waals surface area contributed by atoms with Crippen molar-refractivity contribution in [3.8, 4) is 5.88 Å². The zero-order valence-corrected chi connectivity index (χ0v) is 11.7. The van der Waals surface area contributed by atoms with Crippen LogP contribution in [0, 0.1) is 11.8 Å². The Morgan fingerprint density at radius 2 is 2.44 bits per heavy atom. The fraction of sp³-hybridized carbons (Fsp3) is 0.615. The van der Waals surface area contributed by atoms with Crippen molar-refractivity contribution in [3.63, 3.8) is 0 Å². The summed E-state index contributed by atoms with van der Waals surface area (Å²) >= 11 is 1.64. The summed E-state index contributed by atoms with van der Waals surface area (Å²) in [5, 5.41) is 5.58. The topological polar surface area (TPSA) is 38.6 Å². The molecule has 0 radical (unpaired) electrons. The summed E-state index contributed by atoms with van der Waals surface area (Å²) in [6, 6.07) is 0. The third kappa shape index (κ3) is 2.24. The second-order valence-corrected chi connectivity index (χ2v) is 5.94. The minimum absolute atomic E-state index is 0.744. The van der Waals surface area contributed by atoms with Gasteiger partial charge in [0.25, 0.3) is 0 Å². The maximum absolute atomic E-state index is 5.34. The van der Waals surface area contributed by atoms with Gasteiger partial charge in [-0.15, -0.1) is 11.3 Å². The summed E-state index contributed by atoms with van der Waals surface area (Å²) in [6.07, 6.45) is 4.87. The SMILES string of the molecule is COc1nc2sccn2c1CNCC(C)C1CC1. The van der Waals surface area contributed by atoms with Crippen LogP contribution in [-0.4, -0.2) is 23.0 Å². The maximum Gasteiger partial charge on any atom is 0.237 e. The number of imidazole rings is 1. The van der Waals surface area contributed by atoms with Crippen LogP contribution in [0.5, 0.6) is 5.88 Å². The van der Waals surface area contributed by atoms with Gasteiger partial charge in [0.1, 0.15) is 5.69 Å². The molecular weight excluding hydrogens is 246 g/mol. The summed E-state index contributed by atoms with van der Waals surface area (Å²) in [6.45, 7) is 4.22. The lowest BCUT2D eigenvalue weighted by molar-refractivity contribution is 0.390. The van der Waals surface area contributed by atoms with Gasteiger partial charge in [-0.1, -0.05) is 6.92 Å². The molecule has 1 aliphatic rings. The molecule has 18 heavy (non-hydrogen) atoms. The molecule has 0 saturated heterocycles. The summed E-state index contributed by atoms with van der Waals surface area (Å²) in [5.41, 5.74) is 1.12. The van der Waals surface area contributed by atoms with Crippen molar-refractivity contribution in [1.29, 1.82) is 0 Å². The standard InChI is InChI=1S/C13H19N3OS/c1-9(10-3-4-10)7-14-8-11-12(17-2)15-13-16(11)5-6-18-13/h5-6,9-10,14H,3-4,7-8H2,1-2H3. The largest absolute Gasteiger partial charge is 0.480 e. The highest BCUT2D eigenvalue weighted by Crippen LogP contribution is 2.36. The van der Waals surface area contributed by atoms with Crippen LogP contribution >= 0.6 is 11.3 Å². The average molecular weight is 265 g/mol. The number of nitrogens with one attached hydrogen (secondary N) is 1. The van der Waals surface area contributed by atoms with Crippen LogP contribution in [0.15, 0.2) is 11.6 Å². The van der Waals surface area contributed by atoms with E-state index < -0.39 is 0 Å². The molecule has 1 N–H and O–H groups in total. The minimum Gasteiger partial charge on any atom is -0.480 e. The molecule has 1 unspecified atom stereocenters. The number of nitrogens with zero attached hydrogens (tertiary/aromatic N) is 2. The number of rotatable bonds is 6. The number of hydrogen-bond acceptors (Lipinski definition) is 4. The van der Waals surface area contributed by atoms with E-state index >= 15 is 0 Å². The van der Waals surface area contributed by atoms with Crippen LogP contribution in [0.4, 0.5) is 0 Å². The molecule has 0 bridgehead atoms. The molecule has 1 atom stereocenters. The smallest absolute Gasteiger partial charge is 0.237 e. The lowest BCUT2D eigenvalue weighted by Gasteiger charge is -2.11. The second kappa shape index (κ2) is 4.90. The molecular formula is C13H19N3OS. The van der Waals surface area contributed by atoms with Gasteiger partial charge < -0.3 is 10.1 Å². The van der Waals surface area contributed by atoms with E-state index in [9.17, 15) is 0 Å². The third-order valence-corrected chi connectivity index (χ3v) is 4.46. The fourth-order valence-electron chi connectivity index (χ4n) is 2.39. The van der Waals surface area contributed by atoms with E-state index in [2.05, 4.69) is 33.2 Å². The van der Waals surface area contributed by atoms with E-state index in [0.29, 0.717) is 0 Å². The molecule has 5 heteroatoms. The zero-order valence-electron chi connectivity index (χ0n) is 10.8. The molecule has 0 spiro atoms. The van der Waals surface area contributed by atoms with Crippen LogP contribution in [0.3, 0.4) is 0 Å². The first-order chi connectivity index (χ1) is 8.79. The monoisotopic (exact) mass is 265 g/mol. The molecule has 2 heterocycles. The molecule has 98 valence electrons. The normalized spacial score (nSPS) is 17.2. The van der Waals surface area contributed by atoms with Crippen molar-refractivity contribution in [3.05, 3.63) is 17.3 Å². The van der Waals surface area contributed by atoms with Gasteiger partial charge in [0.05, 0.1) is 7.11 Å². The molecule has 0 amide bonds. The van der Waals surface area contributed by atoms with Crippen molar-refractivity contribution in [2.75, 3.05) is 13.7 Å². The average Bonchev–Trinajstić information content (AvgIpc) is 3.03. The molecule has 2 aromatic rings. The van der Waals surface area contributed by atoms with Gasteiger partial charge in [0.15, 0.2) is 4.96 Å². The number of fused-ring (bicyclic) bond motifs is 1. The Bertz CT molecular complexity index is 529. The summed E-state index contributed by atoms with van der Waals surface area (Å²) < 4.78 is 7.45. The highest BCUT2D eigenvalue weighted by atomic mass is 32.1. The van der Waals surface area contributed by atoms with Crippen LogP contribution in [0.2, 0.25) is 0 Å². The second-order valence-electron chi connectivity index (χ2n) is 5.07. The summed E-state index contributed by atoms with van der Waals surface area (Å²) in [7, 11) is 1.68. The minimum atomic E-state index is 0.744. The Labute approximate surface area is 111 Å². The fourth-order valence-corrected chi connectivity index (χ4v) is 3.11. The Morgan fingerprint density at radius 3 is 3.17 bits per heavy atom. The molecule has 0 aliphatic heterocycles. The van der Waals surface area contributed by atoms with Gasteiger partial charge in [-0.3, -0.25) is 4.40 Å². The van der Waals surface area contributed by atoms with Gasteiger partial charge in [-0.05, 0) is 31.2 Å². The van der Waals surface area contributed by atoms with E-state index in [1.165, 1.54) is 12.8 Å². The van der Waals surface area contributed by atoms with Crippen molar-refractivity contribution < 1.29 is 4.74 Å². The van der Waals surface area contributed by atoms with Crippen LogP contribution < -0.4 is 10.1 Å². The van der Waals surface area contributed by atoms with Crippen LogP contribution in [-0.2, 0) is 6.54 Å². The number of methoxy groups -OCH3 is 1. The lowest BCUT2D eigenvalue weighted by atomic mass is 10.1. The number of hydrogen-bond donors (Lipinski definition) is 1. The zero-order chi connectivity index (χ0) is 12.5. The Balaban J connectivity index is 1.66. The third-order valence-electron chi connectivity index (χ3n) is 3.70. The molecule has 1 saturated carbocycles. The first-order valence-electron chi connectivity index (χ1n) is 6.48. The number of thiazole rings is 1. The molecule has 3 rings (SSSR count). The molecule has 1 aliphatic carbocycles. The van der Waals surface area contributed by atoms with E-state index in [4.69, 9.17) is 4.74 Å². The molecule has 2 aromatic heterocycles. The van der Waals surface area contributed by atoms with E-state index in [0.717, 1.165) is 41.5 Å². The molecule has 0 aromatic carbocycles. The Morgan fingerprint density at radius 1 is 1.61 bits per heavy atom. The van der Waals surface area contributed by atoms with Crippen LogP contribution in [0.25, 0.3) is 4.96 Å². The van der Waals surface area contributed by atoms with E-state index in [1.807, 2.05) is 0 Å². The summed E-state index contributed by atoms with van der Waals surface area (Å²) in [5.74, 6) is 2.47. The Kier molecular flexibility index (Phi) is 3.26. The molecule has 1 fully saturated rings. The van der Waals surface area contributed by atoms with Crippen molar-refractivity contribution in [1.82, 2.24) is 14.7 Å². The van der Waals surface area contributed by atoms with Crippen molar-refractivity contribution in [2.45, 2.75) is 26.3 Å². The highest BCUT2D eigenvalue weighted by molar-refractivity contribution is 7.15. The van der Waals surface area contributed by atoms with Crippen molar-refractivity contribution in [2.24, 2.45) is 11.8 Å². The number of ether oxygens (including phenoxy) is 1. The first-order valence-corrected chi connectivity index (χ1v) is 7.36. The van der Waals surface area contributed by atoms with Gasteiger partial charge in [0.2, 0.25) is 5.88 Å².